The lowest BCUT2D eigenvalue weighted by atomic mass is 10.0. The lowest BCUT2D eigenvalue weighted by Crippen LogP contribution is -2.41. The summed E-state index contributed by atoms with van der Waals surface area (Å²) in [6.45, 7) is 1.93. The van der Waals surface area contributed by atoms with E-state index in [0.717, 1.165) is 12.0 Å². The summed E-state index contributed by atoms with van der Waals surface area (Å²) in [5.41, 5.74) is 8.13. The maximum absolute atomic E-state index is 12.1. The van der Waals surface area contributed by atoms with Crippen LogP contribution in [-0.2, 0) is 11.2 Å². The van der Waals surface area contributed by atoms with Crippen LogP contribution in [0.15, 0.2) is 54.9 Å². The van der Waals surface area contributed by atoms with Gasteiger partial charge in [-0.1, -0.05) is 36.4 Å². The minimum absolute atomic E-state index is 0.0889. The Hall–Kier alpha value is -2.20. The molecule has 3 N–H and O–H groups in total. The molecule has 1 aromatic carbocycles. The zero-order valence-corrected chi connectivity index (χ0v) is 12.2. The fourth-order valence-corrected chi connectivity index (χ4v) is 2.13. The molecule has 0 aliphatic rings. The van der Waals surface area contributed by atoms with E-state index in [1.54, 1.807) is 12.4 Å². The summed E-state index contributed by atoms with van der Waals surface area (Å²) in [5.74, 6) is -0.123. The van der Waals surface area contributed by atoms with E-state index in [0.29, 0.717) is 6.42 Å². The first-order valence-corrected chi connectivity index (χ1v) is 7.16. The molecule has 21 heavy (non-hydrogen) atoms. The van der Waals surface area contributed by atoms with Crippen molar-refractivity contribution < 1.29 is 4.79 Å². The molecule has 2 atom stereocenters. The number of pyridine rings is 1. The van der Waals surface area contributed by atoms with E-state index in [2.05, 4.69) is 10.3 Å². The summed E-state index contributed by atoms with van der Waals surface area (Å²) in [4.78, 5) is 16.1. The molecule has 1 aromatic heterocycles. The zero-order valence-electron chi connectivity index (χ0n) is 12.2. The van der Waals surface area contributed by atoms with Crippen LogP contribution in [-0.4, -0.2) is 16.9 Å². The van der Waals surface area contributed by atoms with Crippen LogP contribution in [0.5, 0.6) is 0 Å². The summed E-state index contributed by atoms with van der Waals surface area (Å²) in [5, 5.41) is 2.93. The van der Waals surface area contributed by atoms with Crippen molar-refractivity contribution in [1.29, 1.82) is 0 Å². The van der Waals surface area contributed by atoms with Crippen molar-refractivity contribution in [3.05, 3.63) is 66.0 Å². The number of carbonyl (C=O) groups is 1. The molecule has 0 bridgehead atoms. The number of hydrogen-bond donors (Lipinski definition) is 2. The number of nitrogens with zero attached hydrogens (tertiary/aromatic N) is 1. The van der Waals surface area contributed by atoms with Crippen molar-refractivity contribution in [3.8, 4) is 0 Å². The van der Waals surface area contributed by atoms with Gasteiger partial charge in [0.05, 0.1) is 12.1 Å². The van der Waals surface area contributed by atoms with E-state index in [9.17, 15) is 4.79 Å². The number of benzene rings is 1. The molecule has 0 spiro atoms. The van der Waals surface area contributed by atoms with Gasteiger partial charge in [-0.25, -0.2) is 0 Å². The number of aromatic nitrogens is 1. The van der Waals surface area contributed by atoms with Gasteiger partial charge in [0.25, 0.3) is 0 Å². The van der Waals surface area contributed by atoms with E-state index < -0.39 is 6.04 Å². The summed E-state index contributed by atoms with van der Waals surface area (Å²) < 4.78 is 0. The molecule has 0 fully saturated rings. The molecule has 0 saturated carbocycles. The van der Waals surface area contributed by atoms with Gasteiger partial charge < -0.3 is 11.1 Å². The van der Waals surface area contributed by atoms with E-state index in [1.165, 1.54) is 5.56 Å². The third kappa shape index (κ3) is 4.68. The zero-order chi connectivity index (χ0) is 15.1. The Bertz CT molecular complexity index is 557. The van der Waals surface area contributed by atoms with Crippen molar-refractivity contribution in [2.75, 3.05) is 0 Å². The normalized spacial score (nSPS) is 13.4. The monoisotopic (exact) mass is 283 g/mol. The van der Waals surface area contributed by atoms with Crippen LogP contribution < -0.4 is 11.1 Å². The smallest absolute Gasteiger partial charge is 0.237 e. The Morgan fingerprint density at radius 3 is 2.67 bits per heavy atom. The molecule has 1 amide bonds. The number of carbonyl (C=O) groups excluding carboxylic acids is 1. The summed E-state index contributed by atoms with van der Waals surface area (Å²) >= 11 is 0. The largest absolute Gasteiger partial charge is 0.348 e. The average molecular weight is 283 g/mol. The van der Waals surface area contributed by atoms with Crippen LogP contribution in [0.3, 0.4) is 0 Å². The first-order valence-electron chi connectivity index (χ1n) is 7.16. The minimum Gasteiger partial charge on any atom is -0.348 e. The van der Waals surface area contributed by atoms with Crippen LogP contribution in [0.2, 0.25) is 0 Å². The number of nitrogens with two attached hydrogens (primary N) is 1. The van der Waals surface area contributed by atoms with Gasteiger partial charge in [-0.15, -0.1) is 0 Å². The van der Waals surface area contributed by atoms with E-state index in [-0.39, 0.29) is 11.9 Å². The van der Waals surface area contributed by atoms with Gasteiger partial charge in [0.1, 0.15) is 0 Å². The Kier molecular flexibility index (Phi) is 5.46. The van der Waals surface area contributed by atoms with Crippen LogP contribution in [0, 0.1) is 0 Å². The van der Waals surface area contributed by atoms with Gasteiger partial charge in [-0.3, -0.25) is 9.78 Å². The van der Waals surface area contributed by atoms with Crippen LogP contribution >= 0.6 is 0 Å². The van der Waals surface area contributed by atoms with Gasteiger partial charge in [0, 0.05) is 12.4 Å². The van der Waals surface area contributed by atoms with E-state index in [4.69, 9.17) is 5.73 Å². The minimum atomic E-state index is -0.496. The molecule has 1 heterocycles. The van der Waals surface area contributed by atoms with Gasteiger partial charge in [0.15, 0.2) is 0 Å². The molecule has 2 aromatic rings. The highest BCUT2D eigenvalue weighted by Gasteiger charge is 2.16. The summed E-state index contributed by atoms with van der Waals surface area (Å²) in [7, 11) is 0. The molecule has 0 aliphatic heterocycles. The van der Waals surface area contributed by atoms with E-state index in [1.807, 2.05) is 49.4 Å². The lowest BCUT2D eigenvalue weighted by Gasteiger charge is -2.17. The lowest BCUT2D eigenvalue weighted by molar-refractivity contribution is -0.123. The van der Waals surface area contributed by atoms with Crippen LogP contribution in [0.25, 0.3) is 0 Å². The van der Waals surface area contributed by atoms with Gasteiger partial charge in [-0.2, -0.15) is 0 Å². The molecule has 2 unspecified atom stereocenters. The molecule has 110 valence electrons. The maximum Gasteiger partial charge on any atom is 0.237 e. The number of rotatable bonds is 6. The summed E-state index contributed by atoms with van der Waals surface area (Å²) in [6.07, 6.45) is 4.90. The molecular weight excluding hydrogens is 262 g/mol. The quantitative estimate of drug-likeness (QED) is 0.854. The van der Waals surface area contributed by atoms with Crippen molar-refractivity contribution in [2.24, 2.45) is 5.73 Å². The predicted molar refractivity (Wildman–Crippen MR) is 83.5 cm³/mol. The van der Waals surface area contributed by atoms with Gasteiger partial charge in [-0.05, 0) is 37.0 Å². The number of hydrogen-bond acceptors (Lipinski definition) is 3. The van der Waals surface area contributed by atoms with Crippen molar-refractivity contribution in [1.82, 2.24) is 10.3 Å². The molecule has 2 rings (SSSR count). The molecular formula is C17H21N3O. The van der Waals surface area contributed by atoms with Crippen molar-refractivity contribution in [3.63, 3.8) is 0 Å². The topological polar surface area (TPSA) is 68.0 Å². The second-order valence-corrected chi connectivity index (χ2v) is 5.15. The van der Waals surface area contributed by atoms with Gasteiger partial charge in [0.2, 0.25) is 5.91 Å². The average Bonchev–Trinajstić information content (AvgIpc) is 2.54. The Balaban J connectivity index is 1.82. The highest BCUT2D eigenvalue weighted by atomic mass is 16.2. The fourth-order valence-electron chi connectivity index (χ4n) is 2.13. The SMILES string of the molecule is CC(NC(=O)C(N)CCc1ccccc1)c1cccnc1. The number of nitrogens with one attached hydrogen (secondary N) is 1. The highest BCUT2D eigenvalue weighted by molar-refractivity contribution is 5.81. The third-order valence-corrected chi connectivity index (χ3v) is 3.47. The van der Waals surface area contributed by atoms with Crippen LogP contribution in [0.1, 0.15) is 30.5 Å². The van der Waals surface area contributed by atoms with Crippen molar-refractivity contribution in [2.45, 2.75) is 31.8 Å². The first-order chi connectivity index (χ1) is 10.2. The standard InChI is InChI=1S/C17H21N3O/c1-13(15-8-5-11-19-12-15)20-17(21)16(18)10-9-14-6-3-2-4-7-14/h2-8,11-13,16H,9-10,18H2,1H3,(H,20,21). The Labute approximate surface area is 125 Å². The molecule has 4 heteroatoms. The highest BCUT2D eigenvalue weighted by Crippen LogP contribution is 2.10. The Morgan fingerprint density at radius 1 is 1.24 bits per heavy atom. The van der Waals surface area contributed by atoms with Gasteiger partial charge >= 0.3 is 0 Å². The van der Waals surface area contributed by atoms with Crippen LogP contribution in [0.4, 0.5) is 0 Å². The third-order valence-electron chi connectivity index (χ3n) is 3.47. The Morgan fingerprint density at radius 2 is 2.00 bits per heavy atom. The maximum atomic E-state index is 12.1. The number of aryl methyl sites for hydroxylation is 1. The molecule has 0 aliphatic carbocycles. The second kappa shape index (κ2) is 7.55. The molecule has 0 saturated heterocycles. The van der Waals surface area contributed by atoms with E-state index >= 15 is 0 Å². The summed E-state index contributed by atoms with van der Waals surface area (Å²) in [6, 6.07) is 13.3. The van der Waals surface area contributed by atoms with Crippen molar-refractivity contribution >= 4 is 5.91 Å². The first kappa shape index (κ1) is 15.2. The molecule has 4 nitrogen and oxygen atoms in total. The predicted octanol–water partition coefficient (Wildman–Crippen LogP) is 2.22. The fraction of sp³-hybridized carbons (Fsp3) is 0.294. The molecule has 0 radical (unpaired) electrons. The second-order valence-electron chi connectivity index (χ2n) is 5.15. The number of amides is 1.